The van der Waals surface area contributed by atoms with Gasteiger partial charge in [0.2, 0.25) is 0 Å². The lowest BCUT2D eigenvalue weighted by Gasteiger charge is -2.40. The average molecular weight is 540 g/mol. The molecule has 37 heavy (non-hydrogen) atoms. The fraction of sp³-hybridized carbons (Fsp3) is 0.385. The number of benzene rings is 2. The summed E-state index contributed by atoms with van der Waals surface area (Å²) < 4.78 is 66.1. The first-order valence-electron chi connectivity index (χ1n) is 11.5. The zero-order chi connectivity index (χ0) is 27.1. The predicted octanol–water partition coefficient (Wildman–Crippen LogP) is 6.32. The van der Waals surface area contributed by atoms with E-state index in [0.29, 0.717) is 28.8 Å². The Balaban J connectivity index is 1.73. The predicted molar refractivity (Wildman–Crippen MR) is 131 cm³/mol. The van der Waals surface area contributed by atoms with Crippen LogP contribution in [0.25, 0.3) is 17.2 Å². The van der Waals surface area contributed by atoms with Crippen molar-refractivity contribution < 1.29 is 40.8 Å². The SMILES string of the molecule is CC(C)(C)OC(=O)C1CC(C(=O)OS)CC2Nc3c(cccc3-c3ccc(OC(F)(F)F)c(F)c3)C=C21. The highest BCUT2D eigenvalue weighted by molar-refractivity contribution is 7.75. The van der Waals surface area contributed by atoms with Crippen LogP contribution in [0.15, 0.2) is 42.0 Å². The fourth-order valence-electron chi connectivity index (χ4n) is 4.72. The first-order chi connectivity index (χ1) is 17.3. The molecule has 1 saturated carbocycles. The molecule has 1 N–H and O–H groups in total. The smallest absolute Gasteiger partial charge is 0.460 e. The molecule has 0 spiro atoms. The Morgan fingerprint density at radius 2 is 1.78 bits per heavy atom. The molecule has 1 aliphatic carbocycles. The molecular weight excluding hydrogens is 514 g/mol. The molecule has 2 aromatic carbocycles. The lowest BCUT2D eigenvalue weighted by molar-refractivity contribution is -0.275. The standard InChI is InChI=1S/C26H25F4NO5S/c1-25(2,3)35-24(33)18-10-15(23(32)36-37)12-20-17(18)9-14-5-4-6-16(22(14)31-20)13-7-8-21(19(27)11-13)34-26(28,29)30/h4-9,11,15,18,20,31,37H,10,12H2,1-3H3. The first-order valence-corrected chi connectivity index (χ1v) is 11.9. The van der Waals surface area contributed by atoms with Gasteiger partial charge in [-0.2, -0.15) is 0 Å². The zero-order valence-corrected chi connectivity index (χ0v) is 21.1. The number of carbonyl (C=O) groups is 2. The zero-order valence-electron chi connectivity index (χ0n) is 20.2. The number of halogens is 4. The summed E-state index contributed by atoms with van der Waals surface area (Å²) in [6, 6.07) is 7.96. The second-order valence-corrected chi connectivity index (χ2v) is 10.2. The van der Waals surface area contributed by atoms with Crippen molar-refractivity contribution in [1.82, 2.24) is 0 Å². The van der Waals surface area contributed by atoms with Crippen LogP contribution in [0, 0.1) is 17.7 Å². The maximum absolute atomic E-state index is 14.5. The number of alkyl halides is 3. The topological polar surface area (TPSA) is 73.9 Å². The quantitative estimate of drug-likeness (QED) is 0.205. The summed E-state index contributed by atoms with van der Waals surface area (Å²) >= 11 is 3.63. The van der Waals surface area contributed by atoms with E-state index in [1.807, 2.05) is 6.08 Å². The van der Waals surface area contributed by atoms with Gasteiger partial charge in [0.1, 0.15) is 5.60 Å². The second-order valence-electron chi connectivity index (χ2n) is 9.97. The molecule has 6 nitrogen and oxygen atoms in total. The van der Waals surface area contributed by atoms with Crippen LogP contribution in [0.4, 0.5) is 23.2 Å². The maximum Gasteiger partial charge on any atom is 0.573 e. The summed E-state index contributed by atoms with van der Waals surface area (Å²) in [5.41, 5.74) is 2.13. The molecule has 0 saturated heterocycles. The number of nitrogens with one attached hydrogen (secondary N) is 1. The molecule has 4 rings (SSSR count). The van der Waals surface area contributed by atoms with Gasteiger partial charge < -0.3 is 19.0 Å². The van der Waals surface area contributed by atoms with E-state index in [-0.39, 0.29) is 6.42 Å². The number of rotatable bonds is 4. The van der Waals surface area contributed by atoms with Gasteiger partial charge in [-0.1, -0.05) is 30.3 Å². The van der Waals surface area contributed by atoms with Crippen LogP contribution in [-0.4, -0.2) is 29.9 Å². The third kappa shape index (κ3) is 6.03. The molecule has 0 aromatic heterocycles. The highest BCUT2D eigenvalue weighted by Gasteiger charge is 2.43. The Labute approximate surface area is 216 Å². The van der Waals surface area contributed by atoms with Crippen LogP contribution in [0.3, 0.4) is 0 Å². The van der Waals surface area contributed by atoms with Crippen molar-refractivity contribution in [2.24, 2.45) is 11.8 Å². The van der Waals surface area contributed by atoms with Crippen LogP contribution < -0.4 is 10.1 Å². The minimum atomic E-state index is -5.02. The summed E-state index contributed by atoms with van der Waals surface area (Å²) in [5, 5.41) is 3.35. The number of thiol groups is 1. The number of anilines is 1. The number of hydrogen-bond donors (Lipinski definition) is 2. The van der Waals surface area contributed by atoms with Crippen LogP contribution in [0.5, 0.6) is 5.75 Å². The minimum Gasteiger partial charge on any atom is -0.460 e. The van der Waals surface area contributed by atoms with Gasteiger partial charge >= 0.3 is 18.3 Å². The Kier molecular flexibility index (Phi) is 7.20. The molecule has 3 atom stereocenters. The van der Waals surface area contributed by atoms with E-state index >= 15 is 0 Å². The molecule has 2 aliphatic rings. The number of fused-ring (bicyclic) bond motifs is 2. The molecule has 3 unspecified atom stereocenters. The van der Waals surface area contributed by atoms with E-state index in [2.05, 4.69) is 27.1 Å². The molecule has 0 bridgehead atoms. The average Bonchev–Trinajstić information content (AvgIpc) is 2.80. The number of hydrogen-bond acceptors (Lipinski definition) is 7. The van der Waals surface area contributed by atoms with Crippen molar-refractivity contribution in [3.8, 4) is 16.9 Å². The molecule has 0 radical (unpaired) electrons. The fourth-order valence-corrected chi connectivity index (χ4v) is 4.87. The Morgan fingerprint density at radius 3 is 2.41 bits per heavy atom. The highest BCUT2D eigenvalue weighted by Crippen LogP contribution is 2.45. The van der Waals surface area contributed by atoms with Crippen molar-refractivity contribution in [2.45, 2.75) is 51.6 Å². The number of ether oxygens (including phenoxy) is 2. The van der Waals surface area contributed by atoms with Gasteiger partial charge in [0.15, 0.2) is 11.6 Å². The molecular formula is C26H25F4NO5S. The number of esters is 1. The molecule has 0 amide bonds. The normalized spacial score (nSPS) is 21.1. The lowest BCUT2D eigenvalue weighted by Crippen LogP contribution is -2.43. The Bertz CT molecular complexity index is 1250. The number of para-hydroxylation sites is 1. The summed E-state index contributed by atoms with van der Waals surface area (Å²) in [6.45, 7) is 5.26. The van der Waals surface area contributed by atoms with Crippen LogP contribution in [0.1, 0.15) is 39.2 Å². The summed E-state index contributed by atoms with van der Waals surface area (Å²) in [7, 11) is 0. The first kappa shape index (κ1) is 26.8. The molecule has 1 fully saturated rings. The van der Waals surface area contributed by atoms with Crippen molar-refractivity contribution in [2.75, 3.05) is 5.32 Å². The monoisotopic (exact) mass is 539 g/mol. The maximum atomic E-state index is 14.5. The molecule has 1 aliphatic heterocycles. The van der Waals surface area contributed by atoms with E-state index < -0.39 is 53.3 Å². The van der Waals surface area contributed by atoms with Crippen molar-refractivity contribution in [3.05, 3.63) is 53.4 Å². The van der Waals surface area contributed by atoms with Crippen LogP contribution >= 0.6 is 12.9 Å². The van der Waals surface area contributed by atoms with Gasteiger partial charge in [-0.25, -0.2) is 4.39 Å². The van der Waals surface area contributed by atoms with E-state index in [9.17, 15) is 27.2 Å². The van der Waals surface area contributed by atoms with E-state index in [0.717, 1.165) is 17.7 Å². The third-order valence-corrected chi connectivity index (χ3v) is 6.35. The largest absolute Gasteiger partial charge is 0.573 e. The van der Waals surface area contributed by atoms with Gasteiger partial charge in [0.05, 0.1) is 11.8 Å². The Hall–Kier alpha value is -3.21. The van der Waals surface area contributed by atoms with E-state index in [4.69, 9.17) is 4.74 Å². The van der Waals surface area contributed by atoms with E-state index in [1.54, 1.807) is 39.0 Å². The summed E-state index contributed by atoms with van der Waals surface area (Å²) in [4.78, 5) is 25.5. The van der Waals surface area contributed by atoms with E-state index in [1.165, 1.54) is 6.07 Å². The van der Waals surface area contributed by atoms with Crippen LogP contribution in [-0.2, 0) is 18.5 Å². The number of carbonyl (C=O) groups excluding carboxylic acids is 2. The molecule has 11 heteroatoms. The molecule has 2 aromatic rings. The third-order valence-electron chi connectivity index (χ3n) is 6.17. The van der Waals surface area contributed by atoms with Gasteiger partial charge in [-0.15, -0.1) is 13.2 Å². The van der Waals surface area contributed by atoms with Gasteiger partial charge in [-0.05, 0) is 62.4 Å². The van der Waals surface area contributed by atoms with Crippen LogP contribution in [0.2, 0.25) is 0 Å². The highest BCUT2D eigenvalue weighted by atomic mass is 32.1. The minimum absolute atomic E-state index is 0.194. The van der Waals surface area contributed by atoms with Crippen molar-refractivity contribution >= 4 is 36.6 Å². The molecule has 198 valence electrons. The van der Waals surface area contributed by atoms with Gasteiger partial charge in [0.25, 0.3) is 0 Å². The molecule has 1 heterocycles. The van der Waals surface area contributed by atoms with Gasteiger partial charge in [-0.3, -0.25) is 9.59 Å². The van der Waals surface area contributed by atoms with Crippen molar-refractivity contribution in [1.29, 1.82) is 0 Å². The van der Waals surface area contributed by atoms with Crippen molar-refractivity contribution in [3.63, 3.8) is 0 Å². The van der Waals surface area contributed by atoms with Gasteiger partial charge in [0, 0.05) is 30.2 Å². The Morgan fingerprint density at radius 1 is 1.05 bits per heavy atom. The summed E-state index contributed by atoms with van der Waals surface area (Å²) in [5.74, 6) is -4.48. The lowest BCUT2D eigenvalue weighted by atomic mass is 9.72. The summed E-state index contributed by atoms with van der Waals surface area (Å²) in [6.07, 6.45) is -2.67. The second kappa shape index (κ2) is 9.92.